The molecule has 0 saturated carbocycles. The minimum absolute atomic E-state index is 0.0593. The molecule has 0 aromatic rings. The third-order valence-electron chi connectivity index (χ3n) is 1.99. The lowest BCUT2D eigenvalue weighted by Gasteiger charge is -2.13. The Morgan fingerprint density at radius 3 is 1.59 bits per heavy atom. The molecule has 0 aromatic carbocycles. The fourth-order valence-electron chi connectivity index (χ4n) is 1.17. The van der Waals surface area contributed by atoms with Crippen molar-refractivity contribution in [2.24, 2.45) is 11.5 Å². The zero-order chi connectivity index (χ0) is 13.3. The van der Waals surface area contributed by atoms with Crippen LogP contribution in [0, 0.1) is 0 Å². The first kappa shape index (κ1) is 15.5. The zero-order valence-corrected chi connectivity index (χ0v) is 9.37. The second-order valence-electron chi connectivity index (χ2n) is 3.60. The maximum Gasteiger partial charge on any atom is 0.505 e. The highest BCUT2D eigenvalue weighted by Crippen LogP contribution is 2.03. The molecule has 6 N–H and O–H groups in total. The molecule has 0 bridgehead atoms. The number of carbonyl (C=O) groups is 2. The van der Waals surface area contributed by atoms with Crippen molar-refractivity contribution in [3.63, 3.8) is 0 Å². The van der Waals surface area contributed by atoms with Crippen LogP contribution in [-0.2, 0) is 9.47 Å². The van der Waals surface area contributed by atoms with Gasteiger partial charge in [0.05, 0.1) is 0 Å². The summed E-state index contributed by atoms with van der Waals surface area (Å²) in [5, 5.41) is 16.5. The van der Waals surface area contributed by atoms with E-state index < -0.39 is 12.3 Å². The van der Waals surface area contributed by atoms with Crippen molar-refractivity contribution >= 4 is 12.3 Å². The fraction of sp³-hybridized carbons (Fsp3) is 0.778. The van der Waals surface area contributed by atoms with E-state index in [1.165, 1.54) is 0 Å². The van der Waals surface area contributed by atoms with Crippen LogP contribution in [-0.4, -0.2) is 47.8 Å². The topological polar surface area (TPSA) is 145 Å². The Morgan fingerprint density at radius 2 is 1.29 bits per heavy atom. The van der Waals surface area contributed by atoms with Gasteiger partial charge in [-0.1, -0.05) is 6.42 Å². The van der Waals surface area contributed by atoms with Crippen LogP contribution in [0.5, 0.6) is 0 Å². The monoisotopic (exact) mass is 250 g/mol. The smallest absolute Gasteiger partial charge is 0.450 e. The quantitative estimate of drug-likeness (QED) is 0.447. The van der Waals surface area contributed by atoms with Crippen molar-refractivity contribution in [3.8, 4) is 0 Å². The molecule has 0 saturated heterocycles. The van der Waals surface area contributed by atoms with Gasteiger partial charge in [-0.15, -0.1) is 0 Å². The Bertz CT molecular complexity index is 224. The number of rotatable bonds is 8. The van der Waals surface area contributed by atoms with E-state index in [9.17, 15) is 9.59 Å². The van der Waals surface area contributed by atoms with Gasteiger partial charge in [0.25, 0.3) is 0 Å². The molecule has 17 heavy (non-hydrogen) atoms. The molecule has 0 radical (unpaired) electrons. The Labute approximate surface area is 98.5 Å². The molecule has 0 aromatic heterocycles. The molecule has 0 aliphatic rings. The summed E-state index contributed by atoms with van der Waals surface area (Å²) >= 11 is 0. The second kappa shape index (κ2) is 8.59. The first-order valence-corrected chi connectivity index (χ1v) is 5.14. The van der Waals surface area contributed by atoms with E-state index in [0.717, 1.165) is 0 Å². The molecular formula is C9H18N2O6. The zero-order valence-electron chi connectivity index (χ0n) is 9.37. The summed E-state index contributed by atoms with van der Waals surface area (Å²) in [7, 11) is 0. The van der Waals surface area contributed by atoms with Gasteiger partial charge in [0.1, 0.15) is 13.2 Å². The number of hydrogen-bond donors (Lipinski definition) is 4. The van der Waals surface area contributed by atoms with Gasteiger partial charge in [-0.05, 0) is 12.8 Å². The molecule has 2 unspecified atom stereocenters. The lowest BCUT2D eigenvalue weighted by atomic mass is 10.1. The largest absolute Gasteiger partial charge is 0.505 e. The lowest BCUT2D eigenvalue weighted by molar-refractivity contribution is 0.0836. The molecule has 0 heterocycles. The number of ether oxygens (including phenoxy) is 2. The first-order chi connectivity index (χ1) is 7.91. The number of hydrogen-bond acceptors (Lipinski definition) is 6. The summed E-state index contributed by atoms with van der Waals surface area (Å²) in [5.74, 6) is 0. The van der Waals surface area contributed by atoms with Crippen molar-refractivity contribution in [2.75, 3.05) is 13.2 Å². The molecule has 0 aliphatic carbocycles. The predicted molar refractivity (Wildman–Crippen MR) is 57.8 cm³/mol. The molecule has 0 amide bonds. The van der Waals surface area contributed by atoms with E-state index in [1.807, 2.05) is 0 Å². The van der Waals surface area contributed by atoms with Crippen LogP contribution < -0.4 is 11.5 Å². The Balaban J connectivity index is 3.48. The minimum Gasteiger partial charge on any atom is -0.450 e. The van der Waals surface area contributed by atoms with Crippen LogP contribution in [0.15, 0.2) is 0 Å². The molecule has 0 aliphatic heterocycles. The van der Waals surface area contributed by atoms with E-state index in [1.54, 1.807) is 0 Å². The Morgan fingerprint density at radius 1 is 0.941 bits per heavy atom. The maximum atomic E-state index is 10.1. The van der Waals surface area contributed by atoms with Gasteiger partial charge in [0.2, 0.25) is 0 Å². The first-order valence-electron chi connectivity index (χ1n) is 5.14. The number of nitrogens with two attached hydrogens (primary N) is 2. The molecule has 2 atom stereocenters. The fourth-order valence-corrected chi connectivity index (χ4v) is 1.17. The van der Waals surface area contributed by atoms with Crippen LogP contribution in [0.3, 0.4) is 0 Å². The Hall–Kier alpha value is -1.54. The summed E-state index contributed by atoms with van der Waals surface area (Å²) < 4.78 is 8.60. The van der Waals surface area contributed by atoms with Gasteiger partial charge >= 0.3 is 12.3 Å². The average molecular weight is 250 g/mol. The predicted octanol–water partition coefficient (Wildman–Crippen LogP) is 0.200. The standard InChI is InChI=1S/C9H18N2O6/c10-6(4-16-8(12)13)2-1-3-7(11)5-17-9(14)15/h6-7H,1-5,10-11H2,(H,12,13)(H,14,15). The van der Waals surface area contributed by atoms with Crippen LogP contribution in [0.2, 0.25) is 0 Å². The van der Waals surface area contributed by atoms with Crippen LogP contribution >= 0.6 is 0 Å². The van der Waals surface area contributed by atoms with Gasteiger partial charge in [0, 0.05) is 12.1 Å². The minimum atomic E-state index is -1.35. The molecule has 0 rings (SSSR count). The van der Waals surface area contributed by atoms with Gasteiger partial charge in [-0.3, -0.25) is 0 Å². The van der Waals surface area contributed by atoms with Crippen molar-refractivity contribution in [3.05, 3.63) is 0 Å². The summed E-state index contributed by atoms with van der Waals surface area (Å²) in [6.45, 7) is -0.119. The highest BCUT2D eigenvalue weighted by molar-refractivity contribution is 5.57. The van der Waals surface area contributed by atoms with E-state index in [-0.39, 0.29) is 25.3 Å². The average Bonchev–Trinajstić information content (AvgIpc) is 2.23. The molecule has 0 fully saturated rings. The normalized spacial score (nSPS) is 13.8. The third kappa shape index (κ3) is 10.7. The molecule has 0 spiro atoms. The lowest BCUT2D eigenvalue weighted by Crippen LogP contribution is -2.30. The van der Waals surface area contributed by atoms with Crippen LogP contribution in [0.25, 0.3) is 0 Å². The molecular weight excluding hydrogens is 232 g/mol. The highest BCUT2D eigenvalue weighted by Gasteiger charge is 2.09. The van der Waals surface area contributed by atoms with Crippen molar-refractivity contribution in [1.82, 2.24) is 0 Å². The van der Waals surface area contributed by atoms with Gasteiger partial charge in [-0.2, -0.15) is 0 Å². The van der Waals surface area contributed by atoms with E-state index in [2.05, 4.69) is 9.47 Å². The summed E-state index contributed by atoms with van der Waals surface area (Å²) in [4.78, 5) is 20.1. The van der Waals surface area contributed by atoms with Crippen LogP contribution in [0.1, 0.15) is 19.3 Å². The second-order valence-corrected chi connectivity index (χ2v) is 3.60. The summed E-state index contributed by atoms with van der Waals surface area (Å²) in [6.07, 6.45) is -0.963. The Kier molecular flexibility index (Phi) is 7.82. The number of carboxylic acid groups (broad SMARTS) is 2. The van der Waals surface area contributed by atoms with Gasteiger partial charge in [0.15, 0.2) is 0 Å². The van der Waals surface area contributed by atoms with E-state index >= 15 is 0 Å². The summed E-state index contributed by atoms with van der Waals surface area (Å²) in [6, 6.07) is -0.752. The molecule has 8 heteroatoms. The molecule has 8 nitrogen and oxygen atoms in total. The maximum absolute atomic E-state index is 10.1. The van der Waals surface area contributed by atoms with Crippen molar-refractivity contribution in [1.29, 1.82) is 0 Å². The van der Waals surface area contributed by atoms with E-state index in [4.69, 9.17) is 21.7 Å². The SMILES string of the molecule is NC(CCCC(N)COC(=O)O)COC(=O)O. The van der Waals surface area contributed by atoms with E-state index in [0.29, 0.717) is 19.3 Å². The van der Waals surface area contributed by atoms with Crippen molar-refractivity contribution in [2.45, 2.75) is 31.3 Å². The van der Waals surface area contributed by atoms with Crippen molar-refractivity contribution < 1.29 is 29.3 Å². The molecule has 100 valence electrons. The summed E-state index contributed by atoms with van der Waals surface area (Å²) in [5.41, 5.74) is 11.2. The van der Waals surface area contributed by atoms with Gasteiger partial charge in [-0.25, -0.2) is 9.59 Å². The van der Waals surface area contributed by atoms with Crippen LogP contribution in [0.4, 0.5) is 9.59 Å². The highest BCUT2D eigenvalue weighted by atomic mass is 16.7. The van der Waals surface area contributed by atoms with Gasteiger partial charge < -0.3 is 31.2 Å². The third-order valence-corrected chi connectivity index (χ3v) is 1.99.